The van der Waals surface area contributed by atoms with Crippen LogP contribution in [0.1, 0.15) is 6.92 Å². The van der Waals surface area contributed by atoms with Crippen LogP contribution in [0.25, 0.3) is 0 Å². The zero-order valence-corrected chi connectivity index (χ0v) is 15.8. The van der Waals surface area contributed by atoms with Gasteiger partial charge in [0.05, 0.1) is 20.2 Å². The standard InChI is InChI=1S/C17H25F3N4O3/c1-12(27-14-8-6-5-7-13(14)26-4)9-22-16(21-2)23-10-15(25)24(3)11-17(18,19)20/h5-8,12H,9-11H2,1-4H3,(H2,21,22,23). The zero-order valence-electron chi connectivity index (χ0n) is 15.8. The maximum Gasteiger partial charge on any atom is 0.406 e. The quantitative estimate of drug-likeness (QED) is 0.522. The fraction of sp³-hybridized carbons (Fsp3) is 0.529. The summed E-state index contributed by atoms with van der Waals surface area (Å²) < 4.78 is 47.9. The molecule has 27 heavy (non-hydrogen) atoms. The van der Waals surface area contributed by atoms with Crippen molar-refractivity contribution in [2.45, 2.75) is 19.2 Å². The Hall–Kier alpha value is -2.65. The number of para-hydroxylation sites is 2. The van der Waals surface area contributed by atoms with Crippen molar-refractivity contribution in [3.8, 4) is 11.5 Å². The highest BCUT2D eigenvalue weighted by Gasteiger charge is 2.31. The third-order valence-electron chi connectivity index (χ3n) is 3.43. The molecule has 0 heterocycles. The van der Waals surface area contributed by atoms with E-state index in [0.717, 1.165) is 7.05 Å². The van der Waals surface area contributed by atoms with E-state index in [2.05, 4.69) is 15.6 Å². The number of hydrogen-bond donors (Lipinski definition) is 2. The van der Waals surface area contributed by atoms with Gasteiger partial charge in [-0.15, -0.1) is 0 Å². The number of aliphatic imine (C=N–C) groups is 1. The van der Waals surface area contributed by atoms with Crippen LogP contribution in [0.5, 0.6) is 11.5 Å². The topological polar surface area (TPSA) is 75.2 Å². The van der Waals surface area contributed by atoms with Crippen LogP contribution in [-0.4, -0.2) is 69.9 Å². The predicted molar refractivity (Wildman–Crippen MR) is 96.1 cm³/mol. The maximum absolute atomic E-state index is 12.3. The second-order valence-electron chi connectivity index (χ2n) is 5.75. The normalized spacial score (nSPS) is 12.9. The summed E-state index contributed by atoms with van der Waals surface area (Å²) >= 11 is 0. The van der Waals surface area contributed by atoms with Crippen LogP contribution in [0, 0.1) is 0 Å². The average molecular weight is 390 g/mol. The first-order valence-electron chi connectivity index (χ1n) is 8.21. The van der Waals surface area contributed by atoms with Crippen LogP contribution >= 0.6 is 0 Å². The maximum atomic E-state index is 12.3. The summed E-state index contributed by atoms with van der Waals surface area (Å²) in [6.45, 7) is 0.566. The predicted octanol–water partition coefficient (Wildman–Crippen LogP) is 1.65. The highest BCUT2D eigenvalue weighted by molar-refractivity contribution is 5.86. The Morgan fingerprint density at radius 3 is 2.44 bits per heavy atom. The van der Waals surface area contributed by atoms with Gasteiger partial charge in [0.2, 0.25) is 5.91 Å². The lowest BCUT2D eigenvalue weighted by Crippen LogP contribution is -2.47. The van der Waals surface area contributed by atoms with Crippen molar-refractivity contribution >= 4 is 11.9 Å². The smallest absolute Gasteiger partial charge is 0.406 e. The van der Waals surface area contributed by atoms with E-state index in [1.807, 2.05) is 19.1 Å². The van der Waals surface area contributed by atoms with E-state index in [0.29, 0.717) is 22.9 Å². The number of carbonyl (C=O) groups excluding carboxylic acids is 1. The molecule has 0 fully saturated rings. The molecule has 0 radical (unpaired) electrons. The molecule has 1 aromatic rings. The van der Waals surface area contributed by atoms with Gasteiger partial charge in [-0.2, -0.15) is 13.2 Å². The summed E-state index contributed by atoms with van der Waals surface area (Å²) in [6, 6.07) is 7.20. The van der Waals surface area contributed by atoms with Crippen LogP contribution in [0.15, 0.2) is 29.3 Å². The number of rotatable bonds is 8. The molecule has 1 unspecified atom stereocenters. The Morgan fingerprint density at radius 1 is 1.26 bits per heavy atom. The van der Waals surface area contributed by atoms with Gasteiger partial charge in [-0.25, -0.2) is 0 Å². The summed E-state index contributed by atoms with van der Waals surface area (Å²) in [4.78, 5) is 16.3. The van der Waals surface area contributed by atoms with Crippen molar-refractivity contribution < 1.29 is 27.4 Å². The Morgan fingerprint density at radius 2 is 1.89 bits per heavy atom. The van der Waals surface area contributed by atoms with Crippen molar-refractivity contribution in [2.24, 2.45) is 4.99 Å². The van der Waals surface area contributed by atoms with E-state index in [9.17, 15) is 18.0 Å². The molecule has 0 aliphatic rings. The molecule has 1 atom stereocenters. The minimum atomic E-state index is -4.43. The Kier molecular flexibility index (Phi) is 8.70. The fourth-order valence-electron chi connectivity index (χ4n) is 2.09. The molecule has 10 heteroatoms. The fourth-order valence-corrected chi connectivity index (χ4v) is 2.09. The number of carbonyl (C=O) groups is 1. The molecule has 0 bridgehead atoms. The van der Waals surface area contributed by atoms with Gasteiger partial charge in [0.1, 0.15) is 12.6 Å². The lowest BCUT2D eigenvalue weighted by molar-refractivity contribution is -0.157. The number of nitrogens with one attached hydrogen (secondary N) is 2. The van der Waals surface area contributed by atoms with Crippen molar-refractivity contribution in [1.82, 2.24) is 15.5 Å². The van der Waals surface area contributed by atoms with Crippen LogP contribution in [0.3, 0.4) is 0 Å². The first kappa shape index (κ1) is 22.4. The third kappa shape index (κ3) is 8.52. The number of likely N-dealkylation sites (N-methyl/N-ethyl adjacent to an activating group) is 1. The SMILES string of the molecule is CN=C(NCC(=O)N(C)CC(F)(F)F)NCC(C)Oc1ccccc1OC. The van der Waals surface area contributed by atoms with E-state index in [-0.39, 0.29) is 18.6 Å². The van der Waals surface area contributed by atoms with Crippen molar-refractivity contribution in [2.75, 3.05) is 40.8 Å². The number of hydrogen-bond acceptors (Lipinski definition) is 4. The van der Waals surface area contributed by atoms with Gasteiger partial charge in [0.25, 0.3) is 0 Å². The van der Waals surface area contributed by atoms with Crippen molar-refractivity contribution in [1.29, 1.82) is 0 Å². The van der Waals surface area contributed by atoms with Gasteiger partial charge < -0.3 is 25.0 Å². The van der Waals surface area contributed by atoms with Gasteiger partial charge in [-0.05, 0) is 19.1 Å². The number of halogens is 3. The van der Waals surface area contributed by atoms with Crippen LogP contribution in [0.2, 0.25) is 0 Å². The number of amides is 1. The molecule has 1 rings (SSSR count). The van der Waals surface area contributed by atoms with Gasteiger partial charge in [0.15, 0.2) is 17.5 Å². The molecule has 1 aromatic carbocycles. The van der Waals surface area contributed by atoms with Crippen LogP contribution in [-0.2, 0) is 4.79 Å². The lowest BCUT2D eigenvalue weighted by Gasteiger charge is -2.21. The largest absolute Gasteiger partial charge is 0.493 e. The van der Waals surface area contributed by atoms with E-state index >= 15 is 0 Å². The molecule has 152 valence electrons. The minimum absolute atomic E-state index is 0.261. The molecule has 1 amide bonds. The first-order valence-corrected chi connectivity index (χ1v) is 8.21. The first-order chi connectivity index (χ1) is 12.7. The number of guanidine groups is 1. The lowest BCUT2D eigenvalue weighted by atomic mass is 10.3. The number of nitrogens with zero attached hydrogens (tertiary/aromatic N) is 2. The molecule has 0 aromatic heterocycles. The van der Waals surface area contributed by atoms with Gasteiger partial charge in [-0.1, -0.05) is 12.1 Å². The number of methoxy groups -OCH3 is 1. The van der Waals surface area contributed by atoms with Gasteiger partial charge in [0, 0.05) is 14.1 Å². The molecule has 7 nitrogen and oxygen atoms in total. The third-order valence-corrected chi connectivity index (χ3v) is 3.43. The summed E-state index contributed by atoms with van der Waals surface area (Å²) in [5.41, 5.74) is 0. The summed E-state index contributed by atoms with van der Waals surface area (Å²) in [7, 11) is 4.13. The molecule has 0 saturated heterocycles. The molecular formula is C17H25F3N4O3. The second-order valence-corrected chi connectivity index (χ2v) is 5.75. The highest BCUT2D eigenvalue weighted by Crippen LogP contribution is 2.26. The van der Waals surface area contributed by atoms with E-state index in [4.69, 9.17) is 9.47 Å². The second kappa shape index (κ2) is 10.5. The van der Waals surface area contributed by atoms with Crippen molar-refractivity contribution in [3.05, 3.63) is 24.3 Å². The van der Waals surface area contributed by atoms with E-state index < -0.39 is 18.6 Å². The van der Waals surface area contributed by atoms with Crippen LogP contribution in [0.4, 0.5) is 13.2 Å². The molecule has 0 aliphatic heterocycles. The monoisotopic (exact) mass is 390 g/mol. The average Bonchev–Trinajstić information content (AvgIpc) is 2.60. The number of benzene rings is 1. The van der Waals surface area contributed by atoms with Gasteiger partial charge in [-0.3, -0.25) is 9.79 Å². The molecule has 2 N–H and O–H groups in total. The van der Waals surface area contributed by atoms with Crippen molar-refractivity contribution in [3.63, 3.8) is 0 Å². The zero-order chi connectivity index (χ0) is 20.4. The molecule has 0 aliphatic carbocycles. The Bertz CT molecular complexity index is 638. The van der Waals surface area contributed by atoms with Gasteiger partial charge >= 0.3 is 6.18 Å². The summed E-state index contributed by atoms with van der Waals surface area (Å²) in [5, 5.41) is 5.63. The summed E-state index contributed by atoms with van der Waals surface area (Å²) in [6.07, 6.45) is -4.70. The molecule has 0 saturated carbocycles. The Balaban J connectivity index is 2.44. The van der Waals surface area contributed by atoms with E-state index in [1.54, 1.807) is 19.2 Å². The van der Waals surface area contributed by atoms with E-state index in [1.165, 1.54) is 7.05 Å². The highest BCUT2D eigenvalue weighted by atomic mass is 19.4. The minimum Gasteiger partial charge on any atom is -0.493 e. The number of ether oxygens (including phenoxy) is 2. The summed E-state index contributed by atoms with van der Waals surface area (Å²) in [5.74, 6) is 0.763. The number of alkyl halides is 3. The molecular weight excluding hydrogens is 365 g/mol. The van der Waals surface area contributed by atoms with Crippen LogP contribution < -0.4 is 20.1 Å². The molecule has 0 spiro atoms. The Labute approximate surface area is 156 Å².